The summed E-state index contributed by atoms with van der Waals surface area (Å²) in [5.74, 6) is 0. The minimum absolute atomic E-state index is 0.181. The lowest BCUT2D eigenvalue weighted by atomic mass is 9.79. The first-order valence-electron chi connectivity index (χ1n) is 7.13. The van der Waals surface area contributed by atoms with Gasteiger partial charge in [-0.15, -0.1) is 0 Å². The van der Waals surface area contributed by atoms with Crippen molar-refractivity contribution in [2.75, 3.05) is 6.54 Å². The summed E-state index contributed by atoms with van der Waals surface area (Å²) in [6, 6.07) is 4.67. The summed E-state index contributed by atoms with van der Waals surface area (Å²) < 4.78 is 2.54. The van der Waals surface area contributed by atoms with Gasteiger partial charge >= 0.3 is 0 Å². The van der Waals surface area contributed by atoms with Gasteiger partial charge in [0.15, 0.2) is 5.71 Å². The molecule has 0 aliphatic carbocycles. The first kappa shape index (κ1) is 13.3. The molecule has 1 nitrogen and oxygen atoms in total. The highest BCUT2D eigenvalue weighted by Gasteiger charge is 2.43. The lowest BCUT2D eigenvalue weighted by Crippen LogP contribution is -2.27. The number of fused-ring (bicyclic) bond motifs is 1. The average Bonchev–Trinajstić information content (AvgIpc) is 2.45. The van der Waals surface area contributed by atoms with Crippen molar-refractivity contribution in [1.29, 1.82) is 0 Å². The molecule has 0 N–H and O–H groups in total. The fourth-order valence-electron chi connectivity index (χ4n) is 3.27. The lowest BCUT2D eigenvalue weighted by molar-refractivity contribution is -0.439. The summed E-state index contributed by atoms with van der Waals surface area (Å²) in [5.41, 5.74) is 7.47. The van der Waals surface area contributed by atoms with Gasteiger partial charge in [-0.2, -0.15) is 4.58 Å². The van der Waals surface area contributed by atoms with Crippen molar-refractivity contribution in [2.45, 2.75) is 59.8 Å². The topological polar surface area (TPSA) is 3.01 Å². The van der Waals surface area contributed by atoms with E-state index in [2.05, 4.69) is 58.3 Å². The van der Waals surface area contributed by atoms with E-state index in [4.69, 9.17) is 0 Å². The Balaban J connectivity index is 2.60. The number of nitrogens with zero attached hydrogens (tertiary/aromatic N) is 1. The molecular formula is C17H26N+. The largest absolute Gasteiger partial charge is 0.210 e. The number of rotatable bonds is 3. The molecule has 1 aliphatic rings. The number of unbranched alkanes of at least 4 members (excludes halogenated alkanes) is 1. The van der Waals surface area contributed by atoms with Crippen LogP contribution >= 0.6 is 0 Å². The van der Waals surface area contributed by atoms with Gasteiger partial charge in [0.1, 0.15) is 6.54 Å². The van der Waals surface area contributed by atoms with Crippen molar-refractivity contribution in [2.24, 2.45) is 0 Å². The van der Waals surface area contributed by atoms with Crippen LogP contribution in [0.1, 0.15) is 57.2 Å². The van der Waals surface area contributed by atoms with Crippen LogP contribution in [-0.2, 0) is 5.41 Å². The maximum Gasteiger partial charge on any atom is 0.210 e. The third-order valence-electron chi connectivity index (χ3n) is 4.42. The molecule has 0 saturated carbocycles. The second kappa shape index (κ2) is 4.53. The molecule has 1 aliphatic heterocycles. The van der Waals surface area contributed by atoms with Crippen LogP contribution in [0.4, 0.5) is 5.69 Å². The minimum Gasteiger partial charge on any atom is -0.199 e. The zero-order valence-electron chi connectivity index (χ0n) is 12.7. The van der Waals surface area contributed by atoms with Crippen LogP contribution in [0, 0.1) is 13.8 Å². The van der Waals surface area contributed by atoms with Crippen molar-refractivity contribution in [3.05, 3.63) is 28.8 Å². The van der Waals surface area contributed by atoms with E-state index in [9.17, 15) is 0 Å². The Labute approximate surface area is 112 Å². The summed E-state index contributed by atoms with van der Waals surface area (Å²) in [5, 5.41) is 0. The summed E-state index contributed by atoms with van der Waals surface area (Å²) in [6.07, 6.45) is 2.52. The predicted octanol–water partition coefficient (Wildman–Crippen LogP) is 4.50. The monoisotopic (exact) mass is 244 g/mol. The SMILES string of the molecule is CCCC[N+]1=C(C)C(C)(C)c2c(C)cc(C)cc21. The van der Waals surface area contributed by atoms with Crippen LogP contribution < -0.4 is 0 Å². The van der Waals surface area contributed by atoms with E-state index in [-0.39, 0.29) is 5.41 Å². The van der Waals surface area contributed by atoms with Gasteiger partial charge in [-0.3, -0.25) is 0 Å². The third-order valence-corrected chi connectivity index (χ3v) is 4.42. The molecule has 18 heavy (non-hydrogen) atoms. The summed E-state index contributed by atoms with van der Waals surface area (Å²) in [7, 11) is 0. The molecular weight excluding hydrogens is 218 g/mol. The molecule has 98 valence electrons. The Kier molecular flexibility index (Phi) is 3.35. The first-order chi connectivity index (χ1) is 8.39. The Bertz CT molecular complexity index is 507. The van der Waals surface area contributed by atoms with Crippen LogP contribution in [0.5, 0.6) is 0 Å². The van der Waals surface area contributed by atoms with E-state index in [1.165, 1.54) is 40.9 Å². The fourth-order valence-corrected chi connectivity index (χ4v) is 3.27. The van der Waals surface area contributed by atoms with Crippen molar-refractivity contribution in [1.82, 2.24) is 0 Å². The van der Waals surface area contributed by atoms with Crippen molar-refractivity contribution < 1.29 is 4.58 Å². The van der Waals surface area contributed by atoms with Crippen molar-refractivity contribution >= 4 is 11.4 Å². The van der Waals surface area contributed by atoms with Gasteiger partial charge < -0.3 is 0 Å². The molecule has 1 heteroatoms. The molecule has 0 bridgehead atoms. The highest BCUT2D eigenvalue weighted by molar-refractivity contribution is 5.94. The molecule has 1 aromatic carbocycles. The number of benzene rings is 1. The van der Waals surface area contributed by atoms with E-state index >= 15 is 0 Å². The summed E-state index contributed by atoms with van der Waals surface area (Å²) in [4.78, 5) is 0. The van der Waals surface area contributed by atoms with Crippen molar-refractivity contribution in [3.63, 3.8) is 0 Å². The lowest BCUT2D eigenvalue weighted by Gasteiger charge is -2.17. The second-order valence-electron chi connectivity index (χ2n) is 6.19. The molecule has 2 rings (SSSR count). The second-order valence-corrected chi connectivity index (χ2v) is 6.19. The van der Waals surface area contributed by atoms with Crippen LogP contribution in [0.2, 0.25) is 0 Å². The molecule has 0 fully saturated rings. The van der Waals surface area contributed by atoms with Crippen molar-refractivity contribution in [3.8, 4) is 0 Å². The van der Waals surface area contributed by atoms with E-state index in [0.717, 1.165) is 6.54 Å². The molecule has 0 unspecified atom stereocenters. The fraction of sp³-hybridized carbons (Fsp3) is 0.588. The molecule has 1 heterocycles. The number of hydrogen-bond donors (Lipinski definition) is 0. The summed E-state index contributed by atoms with van der Waals surface area (Å²) in [6.45, 7) is 14.9. The maximum atomic E-state index is 2.54. The van der Waals surface area contributed by atoms with Gasteiger partial charge in [0.2, 0.25) is 5.69 Å². The Morgan fingerprint density at radius 1 is 1.11 bits per heavy atom. The summed E-state index contributed by atoms with van der Waals surface area (Å²) >= 11 is 0. The molecule has 0 spiro atoms. The molecule has 0 aromatic heterocycles. The van der Waals surface area contributed by atoms with Crippen LogP contribution in [0.3, 0.4) is 0 Å². The minimum atomic E-state index is 0.181. The van der Waals surface area contributed by atoms with E-state index in [0.29, 0.717) is 0 Å². The molecule has 0 amide bonds. The smallest absolute Gasteiger partial charge is 0.199 e. The molecule has 0 radical (unpaired) electrons. The van der Waals surface area contributed by atoms with Gasteiger partial charge in [0.05, 0.1) is 5.41 Å². The van der Waals surface area contributed by atoms with Gasteiger partial charge in [-0.1, -0.05) is 19.4 Å². The molecule has 0 atom stereocenters. The van der Waals surface area contributed by atoms with Gasteiger partial charge in [0, 0.05) is 25.0 Å². The number of aryl methyl sites for hydroxylation is 2. The predicted molar refractivity (Wildman–Crippen MR) is 79.3 cm³/mol. The Morgan fingerprint density at radius 2 is 1.78 bits per heavy atom. The van der Waals surface area contributed by atoms with Crippen LogP contribution in [0.15, 0.2) is 12.1 Å². The van der Waals surface area contributed by atoms with E-state index in [1.807, 2.05) is 0 Å². The molecule has 0 saturated heterocycles. The first-order valence-corrected chi connectivity index (χ1v) is 7.13. The van der Waals surface area contributed by atoms with E-state index < -0.39 is 0 Å². The zero-order chi connectivity index (χ0) is 13.5. The van der Waals surface area contributed by atoms with Crippen LogP contribution in [0.25, 0.3) is 0 Å². The average molecular weight is 244 g/mol. The van der Waals surface area contributed by atoms with Gasteiger partial charge in [0.25, 0.3) is 0 Å². The normalized spacial score (nSPS) is 17.2. The van der Waals surface area contributed by atoms with Gasteiger partial charge in [-0.05, 0) is 38.8 Å². The van der Waals surface area contributed by atoms with Gasteiger partial charge in [-0.25, -0.2) is 0 Å². The zero-order valence-corrected chi connectivity index (χ0v) is 12.7. The highest BCUT2D eigenvalue weighted by Crippen LogP contribution is 2.42. The van der Waals surface area contributed by atoms with Crippen LogP contribution in [-0.4, -0.2) is 16.8 Å². The Hall–Kier alpha value is -1.11. The Morgan fingerprint density at radius 3 is 2.39 bits per heavy atom. The number of hydrogen-bond acceptors (Lipinski definition) is 0. The highest BCUT2D eigenvalue weighted by atomic mass is 15.1. The molecule has 1 aromatic rings. The standard InChI is InChI=1S/C17H26N/c1-7-8-9-18-14(4)17(5,6)16-13(3)10-12(2)11-15(16)18/h10-11H,7-9H2,1-6H3/q+1. The maximum absolute atomic E-state index is 2.54. The quantitative estimate of drug-likeness (QED) is 0.689. The third kappa shape index (κ3) is 1.90. The van der Waals surface area contributed by atoms with E-state index in [1.54, 1.807) is 0 Å².